The number of halogens is 3. The summed E-state index contributed by atoms with van der Waals surface area (Å²) in [5.41, 5.74) is 1.93. The van der Waals surface area contributed by atoms with E-state index in [0.717, 1.165) is 5.56 Å². The van der Waals surface area contributed by atoms with Crippen molar-refractivity contribution in [3.63, 3.8) is 0 Å². The highest BCUT2D eigenvalue weighted by Gasteiger charge is 2.30. The van der Waals surface area contributed by atoms with Gasteiger partial charge in [0.1, 0.15) is 18.4 Å². The van der Waals surface area contributed by atoms with Crippen LogP contribution in [0.2, 0.25) is 10.0 Å². The quantitative estimate of drug-likeness (QED) is 0.325. The number of hydrogen-bond acceptors (Lipinski definition) is 5. The van der Waals surface area contributed by atoms with E-state index in [1.165, 1.54) is 21.8 Å². The van der Waals surface area contributed by atoms with Gasteiger partial charge in [-0.05, 0) is 77.9 Å². The first-order valence-electron chi connectivity index (χ1n) is 11.5. The summed E-state index contributed by atoms with van der Waals surface area (Å²) in [6.07, 6.45) is 0.338. The van der Waals surface area contributed by atoms with Gasteiger partial charge in [0.25, 0.3) is 5.91 Å². The van der Waals surface area contributed by atoms with Crippen molar-refractivity contribution in [3.05, 3.63) is 94.2 Å². The lowest BCUT2D eigenvalue weighted by Crippen LogP contribution is -2.50. The lowest BCUT2D eigenvalue weighted by Gasteiger charge is -2.30. The first kappa shape index (κ1) is 26.2. The van der Waals surface area contributed by atoms with Gasteiger partial charge in [0.05, 0.1) is 0 Å². The minimum atomic E-state index is -0.826. The average Bonchev–Trinajstić information content (AvgIpc) is 3.36. The molecule has 0 aliphatic rings. The predicted molar refractivity (Wildman–Crippen MR) is 140 cm³/mol. The second-order valence-electron chi connectivity index (χ2n) is 8.16. The normalized spacial score (nSPS) is 11.7. The molecule has 11 heteroatoms. The number of tetrazole rings is 1. The zero-order chi connectivity index (χ0) is 26.4. The Hall–Kier alpha value is -3.82. The van der Waals surface area contributed by atoms with Gasteiger partial charge >= 0.3 is 0 Å². The summed E-state index contributed by atoms with van der Waals surface area (Å²) >= 11 is 12.0. The third-order valence-corrected chi connectivity index (χ3v) is 6.09. The van der Waals surface area contributed by atoms with Crippen LogP contribution in [0.5, 0.6) is 0 Å². The third-order valence-electron chi connectivity index (χ3n) is 5.59. The number of amides is 2. The Morgan fingerprint density at radius 3 is 2.22 bits per heavy atom. The molecule has 1 N–H and O–H groups in total. The molecular weight excluding hydrogens is 518 g/mol. The van der Waals surface area contributed by atoms with Gasteiger partial charge in [-0.2, -0.15) is 4.80 Å². The number of rotatable bonds is 9. The number of carbonyl (C=O) groups is 2. The van der Waals surface area contributed by atoms with E-state index in [-0.39, 0.29) is 24.8 Å². The van der Waals surface area contributed by atoms with Crippen molar-refractivity contribution in [2.24, 2.45) is 0 Å². The number of benzene rings is 3. The molecule has 0 aliphatic carbocycles. The van der Waals surface area contributed by atoms with Crippen LogP contribution in [0.1, 0.15) is 18.9 Å². The summed E-state index contributed by atoms with van der Waals surface area (Å²) in [4.78, 5) is 29.3. The van der Waals surface area contributed by atoms with E-state index in [4.69, 9.17) is 23.2 Å². The number of aromatic nitrogens is 4. The number of anilines is 1. The van der Waals surface area contributed by atoms with E-state index in [2.05, 4.69) is 20.7 Å². The van der Waals surface area contributed by atoms with E-state index in [1.807, 2.05) is 6.92 Å². The summed E-state index contributed by atoms with van der Waals surface area (Å²) in [6.45, 7) is 1.75. The van der Waals surface area contributed by atoms with E-state index in [1.54, 1.807) is 60.7 Å². The first-order chi connectivity index (χ1) is 17.8. The summed E-state index contributed by atoms with van der Waals surface area (Å²) < 4.78 is 13.2. The summed E-state index contributed by atoms with van der Waals surface area (Å²) in [7, 11) is 0. The molecule has 0 radical (unpaired) electrons. The van der Waals surface area contributed by atoms with Gasteiger partial charge in [0.15, 0.2) is 0 Å². The molecule has 4 aromatic rings. The first-order valence-corrected chi connectivity index (χ1v) is 12.2. The van der Waals surface area contributed by atoms with Gasteiger partial charge in [0.2, 0.25) is 11.7 Å². The molecule has 0 saturated carbocycles. The summed E-state index contributed by atoms with van der Waals surface area (Å²) in [5, 5.41) is 16.2. The Morgan fingerprint density at radius 2 is 1.59 bits per heavy atom. The van der Waals surface area contributed by atoms with Gasteiger partial charge in [-0.1, -0.05) is 42.3 Å². The summed E-state index contributed by atoms with van der Waals surface area (Å²) in [6, 6.07) is 18.6. The molecule has 37 heavy (non-hydrogen) atoms. The van der Waals surface area contributed by atoms with Gasteiger partial charge < -0.3 is 5.32 Å². The molecule has 1 aromatic heterocycles. The molecule has 190 valence electrons. The van der Waals surface area contributed by atoms with Crippen LogP contribution in [0, 0.1) is 5.82 Å². The maximum Gasteiger partial charge on any atom is 0.251 e. The van der Waals surface area contributed by atoms with Crippen LogP contribution in [-0.2, 0) is 22.7 Å². The van der Waals surface area contributed by atoms with Crippen LogP contribution >= 0.6 is 23.2 Å². The Morgan fingerprint density at radius 1 is 0.973 bits per heavy atom. The molecule has 1 heterocycles. The van der Waals surface area contributed by atoms with E-state index >= 15 is 0 Å². The smallest absolute Gasteiger partial charge is 0.251 e. The Bertz CT molecular complexity index is 1360. The van der Waals surface area contributed by atoms with E-state index < -0.39 is 11.9 Å². The van der Waals surface area contributed by atoms with Crippen molar-refractivity contribution < 1.29 is 14.0 Å². The van der Waals surface area contributed by atoms with Crippen molar-refractivity contribution in [1.29, 1.82) is 0 Å². The van der Waals surface area contributed by atoms with Crippen LogP contribution in [0.4, 0.5) is 10.1 Å². The molecule has 4 rings (SSSR count). The van der Waals surface area contributed by atoms with Crippen molar-refractivity contribution in [1.82, 2.24) is 25.5 Å². The monoisotopic (exact) mass is 540 g/mol. The molecule has 0 unspecified atom stereocenters. The molecular formula is C26H23Cl2FN6O2. The van der Waals surface area contributed by atoms with Gasteiger partial charge in [-0.3, -0.25) is 14.5 Å². The number of nitrogens with one attached hydrogen (secondary N) is 1. The highest BCUT2D eigenvalue weighted by molar-refractivity contribution is 6.31. The van der Waals surface area contributed by atoms with Gasteiger partial charge in [-0.15, -0.1) is 10.2 Å². The zero-order valence-electron chi connectivity index (χ0n) is 19.8. The molecule has 8 nitrogen and oxygen atoms in total. The molecule has 0 aliphatic heterocycles. The van der Waals surface area contributed by atoms with Crippen LogP contribution in [0.15, 0.2) is 72.8 Å². The zero-order valence-corrected chi connectivity index (χ0v) is 21.3. The molecule has 0 saturated heterocycles. The largest absolute Gasteiger partial charge is 0.350 e. The maximum absolute atomic E-state index is 13.5. The van der Waals surface area contributed by atoms with Crippen molar-refractivity contribution in [2.45, 2.75) is 32.5 Å². The molecule has 0 bridgehead atoms. The van der Waals surface area contributed by atoms with Gasteiger partial charge in [-0.25, -0.2) is 4.39 Å². The lowest BCUT2D eigenvalue weighted by atomic mass is 10.1. The molecule has 2 amide bonds. The van der Waals surface area contributed by atoms with E-state index in [0.29, 0.717) is 33.5 Å². The minimum absolute atomic E-state index is 0.188. The summed E-state index contributed by atoms with van der Waals surface area (Å²) in [5.74, 6) is -0.789. The standard InChI is InChI=1S/C26H23Cl2FN6O2/c1-2-23(26(37)30-15-17-3-11-21(29)12-4-17)35(22-13-9-20(28)10-14-22)24(36)16-34-32-25(31-33-34)18-5-7-19(27)8-6-18/h3-14,23H,2,15-16H2,1H3,(H,30,37)/t23-/m1/s1. The topological polar surface area (TPSA) is 93.0 Å². The van der Waals surface area contributed by atoms with Gasteiger partial charge in [0, 0.05) is 27.8 Å². The fraction of sp³-hybridized carbons (Fsp3) is 0.192. The lowest BCUT2D eigenvalue weighted by molar-refractivity contribution is -0.127. The van der Waals surface area contributed by atoms with Crippen molar-refractivity contribution in [2.75, 3.05) is 4.90 Å². The fourth-order valence-corrected chi connectivity index (χ4v) is 3.97. The molecule has 0 spiro atoms. The van der Waals surface area contributed by atoms with Crippen molar-refractivity contribution in [3.8, 4) is 11.4 Å². The predicted octanol–water partition coefficient (Wildman–Crippen LogP) is 4.91. The average molecular weight is 541 g/mol. The number of hydrogen-bond donors (Lipinski definition) is 1. The fourth-order valence-electron chi connectivity index (χ4n) is 3.72. The van der Waals surface area contributed by atoms with Crippen molar-refractivity contribution >= 4 is 40.7 Å². The SMILES string of the molecule is CC[C@H](C(=O)NCc1ccc(F)cc1)N(C(=O)Cn1nnc(-c2ccc(Cl)cc2)n1)c1ccc(Cl)cc1. The van der Waals surface area contributed by atoms with Crippen LogP contribution in [0.25, 0.3) is 11.4 Å². The van der Waals surface area contributed by atoms with Crippen LogP contribution in [0.3, 0.4) is 0 Å². The maximum atomic E-state index is 13.5. The van der Waals surface area contributed by atoms with Crippen LogP contribution < -0.4 is 10.2 Å². The minimum Gasteiger partial charge on any atom is -0.350 e. The molecule has 0 fully saturated rings. The number of nitrogens with zero attached hydrogens (tertiary/aromatic N) is 5. The Kier molecular flexibility index (Phi) is 8.47. The number of carbonyl (C=O) groups excluding carboxylic acids is 2. The molecule has 1 atom stereocenters. The van der Waals surface area contributed by atoms with E-state index in [9.17, 15) is 14.0 Å². The highest BCUT2D eigenvalue weighted by Crippen LogP contribution is 2.23. The molecule has 3 aromatic carbocycles. The Labute approximate surface area is 223 Å². The second kappa shape index (κ2) is 11.9. The van der Waals surface area contributed by atoms with Crippen LogP contribution in [-0.4, -0.2) is 38.1 Å². The Balaban J connectivity index is 1.54. The second-order valence-corrected chi connectivity index (χ2v) is 9.03. The highest BCUT2D eigenvalue weighted by atomic mass is 35.5. The third kappa shape index (κ3) is 6.69.